The molecule has 1 N–H and O–H groups in total. The fraction of sp³-hybridized carbons (Fsp3) is 0.333. The van der Waals surface area contributed by atoms with Gasteiger partial charge in [0.2, 0.25) is 5.91 Å². The van der Waals surface area contributed by atoms with Gasteiger partial charge < -0.3 is 14.8 Å². The lowest BCUT2D eigenvalue weighted by atomic mass is 9.87. The van der Waals surface area contributed by atoms with Crippen molar-refractivity contribution in [3.63, 3.8) is 0 Å². The molecular weight excluding hydrogens is 414 g/mol. The first-order chi connectivity index (χ1) is 14.9. The maximum Gasteiger partial charge on any atom is 0.226 e. The molecule has 1 aliphatic heterocycles. The molecule has 0 aliphatic carbocycles. The molecule has 162 valence electrons. The summed E-state index contributed by atoms with van der Waals surface area (Å²) in [6.07, 6.45) is 2.15. The van der Waals surface area contributed by atoms with Crippen molar-refractivity contribution in [2.24, 2.45) is 5.92 Å². The van der Waals surface area contributed by atoms with Crippen LogP contribution in [0, 0.1) is 12.8 Å². The van der Waals surface area contributed by atoms with E-state index in [1.165, 1.54) is 0 Å². The number of fused-ring (bicyclic) bond motifs is 1. The second kappa shape index (κ2) is 8.63. The van der Waals surface area contributed by atoms with E-state index in [0.717, 1.165) is 22.4 Å². The van der Waals surface area contributed by atoms with Crippen molar-refractivity contribution in [2.75, 3.05) is 19.0 Å². The van der Waals surface area contributed by atoms with E-state index >= 15 is 0 Å². The highest BCUT2D eigenvalue weighted by molar-refractivity contribution is 6.31. The van der Waals surface area contributed by atoms with Crippen molar-refractivity contribution in [2.45, 2.75) is 33.1 Å². The zero-order chi connectivity index (χ0) is 22.1. The van der Waals surface area contributed by atoms with Gasteiger partial charge in [-0.15, -0.1) is 0 Å². The summed E-state index contributed by atoms with van der Waals surface area (Å²) in [5, 5.41) is 8.22. The third-order valence-electron chi connectivity index (χ3n) is 5.45. The van der Waals surface area contributed by atoms with E-state index in [1.54, 1.807) is 11.8 Å². The number of aromatic nitrogens is 2. The van der Waals surface area contributed by atoms with Crippen LogP contribution in [0.4, 0.5) is 5.82 Å². The summed E-state index contributed by atoms with van der Waals surface area (Å²) in [6, 6.07) is 11.5. The summed E-state index contributed by atoms with van der Waals surface area (Å²) in [7, 11) is 1.63. The number of anilines is 1. The highest BCUT2D eigenvalue weighted by Crippen LogP contribution is 2.41. The summed E-state index contributed by atoms with van der Waals surface area (Å²) < 4.78 is 13.2. The van der Waals surface area contributed by atoms with Crippen LogP contribution >= 0.6 is 11.6 Å². The van der Waals surface area contributed by atoms with Gasteiger partial charge in [0.1, 0.15) is 5.82 Å². The van der Waals surface area contributed by atoms with Crippen molar-refractivity contribution in [3.8, 4) is 17.2 Å². The van der Waals surface area contributed by atoms with E-state index in [0.29, 0.717) is 41.3 Å². The highest BCUT2D eigenvalue weighted by Gasteiger charge is 2.31. The van der Waals surface area contributed by atoms with Crippen molar-refractivity contribution in [3.05, 3.63) is 64.3 Å². The molecule has 1 atom stereocenters. The Morgan fingerprint density at radius 2 is 2.06 bits per heavy atom. The molecule has 3 aromatic rings. The number of nitrogens with zero attached hydrogens (tertiary/aromatic N) is 2. The monoisotopic (exact) mass is 439 g/mol. The van der Waals surface area contributed by atoms with Gasteiger partial charge in [-0.25, -0.2) is 4.68 Å². The van der Waals surface area contributed by atoms with Gasteiger partial charge in [0.15, 0.2) is 11.5 Å². The van der Waals surface area contributed by atoms with Crippen molar-refractivity contribution < 1.29 is 14.3 Å². The molecule has 1 unspecified atom stereocenters. The number of amides is 1. The first-order valence-corrected chi connectivity index (χ1v) is 10.7. The lowest BCUT2D eigenvalue weighted by Crippen LogP contribution is -2.24. The average molecular weight is 440 g/mol. The van der Waals surface area contributed by atoms with Gasteiger partial charge in [0, 0.05) is 22.9 Å². The quantitative estimate of drug-likeness (QED) is 0.562. The van der Waals surface area contributed by atoms with Gasteiger partial charge in [-0.1, -0.05) is 37.6 Å². The molecule has 0 fully saturated rings. The Kier molecular flexibility index (Phi) is 5.92. The molecule has 0 bridgehead atoms. The summed E-state index contributed by atoms with van der Waals surface area (Å²) in [4.78, 5) is 12.6. The molecule has 0 saturated heterocycles. The zero-order valence-electron chi connectivity index (χ0n) is 18.1. The van der Waals surface area contributed by atoms with Crippen LogP contribution in [0.3, 0.4) is 0 Å². The first-order valence-electron chi connectivity index (χ1n) is 10.3. The third kappa shape index (κ3) is 4.12. The van der Waals surface area contributed by atoms with Crippen LogP contribution in [0.1, 0.15) is 42.9 Å². The predicted octanol–water partition coefficient (Wildman–Crippen LogP) is 5.35. The Morgan fingerprint density at radius 1 is 1.26 bits per heavy atom. The van der Waals surface area contributed by atoms with Gasteiger partial charge in [-0.2, -0.15) is 5.10 Å². The number of benzene rings is 2. The van der Waals surface area contributed by atoms with Crippen LogP contribution in [0.15, 0.2) is 42.6 Å². The summed E-state index contributed by atoms with van der Waals surface area (Å²) in [6.45, 7) is 6.75. The summed E-state index contributed by atoms with van der Waals surface area (Å²) in [5.41, 5.74) is 3.67. The van der Waals surface area contributed by atoms with Gasteiger partial charge in [-0.05, 0) is 48.2 Å². The van der Waals surface area contributed by atoms with E-state index < -0.39 is 0 Å². The predicted molar refractivity (Wildman–Crippen MR) is 122 cm³/mol. The van der Waals surface area contributed by atoms with E-state index in [2.05, 4.69) is 24.3 Å². The van der Waals surface area contributed by atoms with Crippen LogP contribution in [0.25, 0.3) is 5.69 Å². The van der Waals surface area contributed by atoms with Crippen molar-refractivity contribution >= 4 is 23.3 Å². The molecule has 0 spiro atoms. The number of hydrogen-bond donors (Lipinski definition) is 1. The highest BCUT2D eigenvalue weighted by atomic mass is 35.5. The van der Waals surface area contributed by atoms with Crippen LogP contribution in [-0.2, 0) is 4.79 Å². The van der Waals surface area contributed by atoms with E-state index in [4.69, 9.17) is 21.1 Å². The molecule has 1 aliphatic rings. The number of carbonyl (C=O) groups is 1. The van der Waals surface area contributed by atoms with E-state index in [9.17, 15) is 4.79 Å². The Hall–Kier alpha value is -2.99. The number of ether oxygens (including phenoxy) is 2. The summed E-state index contributed by atoms with van der Waals surface area (Å²) >= 11 is 6.31. The molecule has 31 heavy (non-hydrogen) atoms. The maximum absolute atomic E-state index is 12.6. The molecule has 7 heteroatoms. The minimum Gasteiger partial charge on any atom is -0.493 e. The summed E-state index contributed by atoms with van der Waals surface area (Å²) in [5.74, 6) is 2.25. The van der Waals surface area contributed by atoms with E-state index in [-0.39, 0.29) is 11.8 Å². The standard InChI is InChI=1S/C24H26ClN3O3/c1-14(2)13-31-21-9-8-16(10-22(21)30-4)17-11-23(29)27-24-18(17)12-26-28(24)20-7-5-6-19(25)15(20)3/h5-10,12,14,17H,11,13H2,1-4H3,(H,27,29). The zero-order valence-corrected chi connectivity index (χ0v) is 18.9. The Labute approximate surface area is 187 Å². The fourth-order valence-corrected chi connectivity index (χ4v) is 3.97. The molecule has 0 radical (unpaired) electrons. The normalized spacial score (nSPS) is 15.5. The maximum atomic E-state index is 12.6. The molecule has 4 rings (SSSR count). The smallest absolute Gasteiger partial charge is 0.226 e. The molecular formula is C24H26ClN3O3. The molecule has 2 heterocycles. The number of methoxy groups -OCH3 is 1. The van der Waals surface area contributed by atoms with Crippen molar-refractivity contribution in [1.29, 1.82) is 0 Å². The Bertz CT molecular complexity index is 1120. The van der Waals surface area contributed by atoms with Gasteiger partial charge in [0.05, 0.1) is 25.6 Å². The fourth-order valence-electron chi connectivity index (χ4n) is 3.80. The second-order valence-corrected chi connectivity index (χ2v) is 8.57. The SMILES string of the molecule is COc1cc(C2CC(=O)Nc3c2cnn3-c2cccc(Cl)c2C)ccc1OCC(C)C. The molecule has 2 aromatic carbocycles. The minimum atomic E-state index is -0.134. The third-order valence-corrected chi connectivity index (χ3v) is 5.86. The average Bonchev–Trinajstić information content (AvgIpc) is 3.17. The number of carbonyl (C=O) groups excluding carboxylic acids is 1. The minimum absolute atomic E-state index is 0.0574. The molecule has 1 aromatic heterocycles. The molecule has 0 saturated carbocycles. The molecule has 1 amide bonds. The van der Waals surface area contributed by atoms with Crippen LogP contribution in [-0.4, -0.2) is 29.4 Å². The molecule has 6 nitrogen and oxygen atoms in total. The Morgan fingerprint density at radius 3 is 2.81 bits per heavy atom. The first kappa shape index (κ1) is 21.2. The Balaban J connectivity index is 1.73. The van der Waals surface area contributed by atoms with E-state index in [1.807, 2.05) is 49.5 Å². The topological polar surface area (TPSA) is 65.4 Å². The number of rotatable bonds is 6. The van der Waals surface area contributed by atoms with Crippen LogP contribution in [0.2, 0.25) is 5.02 Å². The lowest BCUT2D eigenvalue weighted by molar-refractivity contribution is -0.116. The number of halogens is 1. The van der Waals surface area contributed by atoms with Crippen molar-refractivity contribution in [1.82, 2.24) is 9.78 Å². The van der Waals surface area contributed by atoms with Gasteiger partial charge in [0.25, 0.3) is 0 Å². The second-order valence-electron chi connectivity index (χ2n) is 8.16. The largest absolute Gasteiger partial charge is 0.493 e. The lowest BCUT2D eigenvalue weighted by Gasteiger charge is -2.25. The van der Waals surface area contributed by atoms with Gasteiger partial charge in [-0.3, -0.25) is 4.79 Å². The number of nitrogens with one attached hydrogen (secondary N) is 1. The van der Waals surface area contributed by atoms with Crippen LogP contribution in [0.5, 0.6) is 11.5 Å². The number of hydrogen-bond acceptors (Lipinski definition) is 4. The van der Waals surface area contributed by atoms with Crippen LogP contribution < -0.4 is 14.8 Å². The van der Waals surface area contributed by atoms with Gasteiger partial charge >= 0.3 is 0 Å².